The van der Waals surface area contributed by atoms with Crippen LogP contribution in [0.5, 0.6) is 5.75 Å². The van der Waals surface area contributed by atoms with Crippen molar-refractivity contribution >= 4 is 11.3 Å². The summed E-state index contributed by atoms with van der Waals surface area (Å²) in [6.45, 7) is 5.13. The molecule has 19 heavy (non-hydrogen) atoms. The van der Waals surface area contributed by atoms with Crippen molar-refractivity contribution in [2.24, 2.45) is 0 Å². The molecule has 2 atom stereocenters. The van der Waals surface area contributed by atoms with Crippen LogP contribution in [0.25, 0.3) is 0 Å². The average molecular weight is 274 g/mol. The third-order valence-electron chi connectivity index (χ3n) is 3.38. The molecule has 0 radical (unpaired) electrons. The molecule has 0 spiro atoms. The summed E-state index contributed by atoms with van der Waals surface area (Å²) in [4.78, 5) is 4.57. The van der Waals surface area contributed by atoms with Gasteiger partial charge in [0.15, 0.2) is 6.10 Å². The van der Waals surface area contributed by atoms with E-state index in [4.69, 9.17) is 4.74 Å². The summed E-state index contributed by atoms with van der Waals surface area (Å²) in [7, 11) is 0. The van der Waals surface area contributed by atoms with Crippen molar-refractivity contribution in [3.05, 3.63) is 45.9 Å². The van der Waals surface area contributed by atoms with Crippen LogP contribution in [0.3, 0.4) is 0 Å². The molecule has 0 aliphatic carbocycles. The van der Waals surface area contributed by atoms with E-state index >= 15 is 0 Å². The lowest BCUT2D eigenvalue weighted by Gasteiger charge is -2.31. The summed E-state index contributed by atoms with van der Waals surface area (Å²) in [6.07, 6.45) is 1.01. The van der Waals surface area contributed by atoms with E-state index in [1.165, 1.54) is 5.56 Å². The van der Waals surface area contributed by atoms with E-state index in [1.54, 1.807) is 11.3 Å². The maximum Gasteiger partial charge on any atom is 0.152 e. The highest BCUT2D eigenvalue weighted by atomic mass is 32.1. The summed E-state index contributed by atoms with van der Waals surface area (Å²) in [5.41, 5.74) is 2.33. The van der Waals surface area contributed by atoms with Crippen molar-refractivity contribution < 1.29 is 4.74 Å². The van der Waals surface area contributed by atoms with Gasteiger partial charge in [-0.15, -0.1) is 11.3 Å². The number of aromatic nitrogens is 1. The molecular weight excluding hydrogens is 256 g/mol. The quantitative estimate of drug-likeness (QED) is 0.928. The number of fused-ring (bicyclic) bond motifs is 1. The Balaban J connectivity index is 1.92. The van der Waals surface area contributed by atoms with Crippen LogP contribution in [0, 0.1) is 6.92 Å². The maximum absolute atomic E-state index is 6.12. The fourth-order valence-corrected chi connectivity index (χ4v) is 3.37. The second-order valence-electron chi connectivity index (χ2n) is 4.82. The first-order valence-electron chi connectivity index (χ1n) is 6.69. The Morgan fingerprint density at radius 1 is 1.42 bits per heavy atom. The summed E-state index contributed by atoms with van der Waals surface area (Å²) in [5.74, 6) is 0.984. The van der Waals surface area contributed by atoms with E-state index in [1.807, 2.05) is 19.1 Å². The van der Waals surface area contributed by atoms with E-state index < -0.39 is 0 Å². The number of hydrogen-bond acceptors (Lipinski definition) is 4. The lowest BCUT2D eigenvalue weighted by Crippen LogP contribution is -2.28. The Hall–Kier alpha value is -1.39. The molecule has 1 aliphatic heterocycles. The van der Waals surface area contributed by atoms with Gasteiger partial charge in [-0.25, -0.2) is 4.98 Å². The zero-order valence-electron chi connectivity index (χ0n) is 11.2. The molecule has 0 fully saturated rings. The van der Waals surface area contributed by atoms with Gasteiger partial charge in [-0.2, -0.15) is 0 Å². The van der Waals surface area contributed by atoms with E-state index in [-0.39, 0.29) is 6.10 Å². The van der Waals surface area contributed by atoms with Crippen molar-refractivity contribution in [1.82, 2.24) is 10.3 Å². The Labute approximate surface area is 117 Å². The number of rotatable bonds is 3. The minimum atomic E-state index is 0.0673. The summed E-state index contributed by atoms with van der Waals surface area (Å²) in [5, 5.41) is 6.71. The fourth-order valence-electron chi connectivity index (χ4n) is 2.53. The molecule has 0 bridgehead atoms. The standard InChI is InChI=1S/C15H18N2OS/c1-3-16-12-8-14(15-17-10(2)9-19-15)18-13-7-5-4-6-11(12)13/h4-7,9,12,14,16H,3,8H2,1-2H3. The van der Waals surface area contributed by atoms with Gasteiger partial charge in [0, 0.05) is 29.1 Å². The number of hydrogen-bond donors (Lipinski definition) is 1. The zero-order chi connectivity index (χ0) is 13.2. The van der Waals surface area contributed by atoms with Crippen LogP contribution in [0.1, 0.15) is 41.8 Å². The highest BCUT2D eigenvalue weighted by Crippen LogP contribution is 2.41. The van der Waals surface area contributed by atoms with Gasteiger partial charge in [0.1, 0.15) is 10.8 Å². The second-order valence-corrected chi connectivity index (χ2v) is 5.71. The van der Waals surface area contributed by atoms with Crippen LogP contribution in [-0.2, 0) is 0 Å². The third-order valence-corrected chi connectivity index (χ3v) is 4.43. The van der Waals surface area contributed by atoms with Gasteiger partial charge in [-0.05, 0) is 19.5 Å². The van der Waals surface area contributed by atoms with Gasteiger partial charge < -0.3 is 10.1 Å². The lowest BCUT2D eigenvalue weighted by atomic mass is 9.96. The molecule has 2 unspecified atom stereocenters. The first-order valence-corrected chi connectivity index (χ1v) is 7.57. The first kappa shape index (κ1) is 12.6. The number of nitrogens with one attached hydrogen (secondary N) is 1. The van der Waals surface area contributed by atoms with Crippen molar-refractivity contribution in [2.75, 3.05) is 6.54 Å². The van der Waals surface area contributed by atoms with Crippen LogP contribution < -0.4 is 10.1 Å². The molecule has 3 rings (SSSR count). The molecule has 1 N–H and O–H groups in total. The topological polar surface area (TPSA) is 34.2 Å². The number of nitrogens with zero attached hydrogens (tertiary/aromatic N) is 1. The van der Waals surface area contributed by atoms with Crippen molar-refractivity contribution in [3.8, 4) is 5.75 Å². The van der Waals surface area contributed by atoms with Crippen molar-refractivity contribution in [2.45, 2.75) is 32.4 Å². The largest absolute Gasteiger partial charge is 0.483 e. The molecule has 3 nitrogen and oxygen atoms in total. The van der Waals surface area contributed by atoms with E-state index in [2.05, 4.69) is 34.7 Å². The van der Waals surface area contributed by atoms with Gasteiger partial charge in [0.05, 0.1) is 0 Å². The predicted octanol–water partition coefficient (Wildman–Crippen LogP) is 3.63. The Morgan fingerprint density at radius 2 is 2.26 bits per heavy atom. The van der Waals surface area contributed by atoms with Crippen molar-refractivity contribution in [1.29, 1.82) is 0 Å². The highest BCUT2D eigenvalue weighted by molar-refractivity contribution is 7.09. The predicted molar refractivity (Wildman–Crippen MR) is 77.7 cm³/mol. The monoisotopic (exact) mass is 274 g/mol. The smallest absolute Gasteiger partial charge is 0.152 e. The second kappa shape index (κ2) is 5.31. The summed E-state index contributed by atoms with van der Waals surface area (Å²) in [6, 6.07) is 8.64. The van der Waals surface area contributed by atoms with Gasteiger partial charge in [0.2, 0.25) is 0 Å². The fraction of sp³-hybridized carbons (Fsp3) is 0.400. The van der Waals surface area contributed by atoms with Crippen LogP contribution in [0.2, 0.25) is 0 Å². The summed E-state index contributed by atoms with van der Waals surface area (Å²) >= 11 is 1.69. The molecule has 0 amide bonds. The molecule has 0 saturated carbocycles. The molecule has 1 aliphatic rings. The maximum atomic E-state index is 6.12. The van der Waals surface area contributed by atoms with E-state index in [0.717, 1.165) is 29.4 Å². The minimum Gasteiger partial charge on any atom is -0.483 e. The number of aryl methyl sites for hydroxylation is 1. The molecule has 1 aromatic carbocycles. The van der Waals surface area contributed by atoms with E-state index in [9.17, 15) is 0 Å². The summed E-state index contributed by atoms with van der Waals surface area (Å²) < 4.78 is 6.12. The number of benzene rings is 1. The first-order chi connectivity index (χ1) is 9.28. The van der Waals surface area contributed by atoms with E-state index in [0.29, 0.717) is 6.04 Å². The Bertz CT molecular complexity index is 567. The lowest BCUT2D eigenvalue weighted by molar-refractivity contribution is 0.151. The van der Waals surface area contributed by atoms with Gasteiger partial charge in [-0.3, -0.25) is 0 Å². The number of thiazole rings is 1. The molecule has 0 saturated heterocycles. The number of ether oxygens (including phenoxy) is 1. The highest BCUT2D eigenvalue weighted by Gasteiger charge is 2.30. The Kier molecular flexibility index (Phi) is 3.53. The van der Waals surface area contributed by atoms with Crippen LogP contribution in [0.4, 0.5) is 0 Å². The molecule has 2 heterocycles. The molecular formula is C15H18N2OS. The molecule has 2 aromatic rings. The zero-order valence-corrected chi connectivity index (χ0v) is 12.0. The van der Waals surface area contributed by atoms with Gasteiger partial charge in [0.25, 0.3) is 0 Å². The molecule has 4 heteroatoms. The van der Waals surface area contributed by atoms with Gasteiger partial charge >= 0.3 is 0 Å². The normalized spacial score (nSPS) is 21.8. The third kappa shape index (κ3) is 2.51. The van der Waals surface area contributed by atoms with Crippen LogP contribution in [0.15, 0.2) is 29.6 Å². The van der Waals surface area contributed by atoms with Gasteiger partial charge in [-0.1, -0.05) is 25.1 Å². The molecule has 100 valence electrons. The average Bonchev–Trinajstić information content (AvgIpc) is 2.86. The van der Waals surface area contributed by atoms with Crippen LogP contribution in [-0.4, -0.2) is 11.5 Å². The molecule has 1 aromatic heterocycles. The Morgan fingerprint density at radius 3 is 3.00 bits per heavy atom. The van der Waals surface area contributed by atoms with Crippen LogP contribution >= 0.6 is 11.3 Å². The minimum absolute atomic E-state index is 0.0673. The number of para-hydroxylation sites is 1. The SMILES string of the molecule is CCNC1CC(c2nc(C)cs2)Oc2ccccc21. The van der Waals surface area contributed by atoms with Crippen molar-refractivity contribution in [3.63, 3.8) is 0 Å².